The van der Waals surface area contributed by atoms with E-state index in [2.05, 4.69) is 57.2 Å². The number of carbonyl (C=O) groups excluding carboxylic acids is 2. The van der Waals surface area contributed by atoms with E-state index in [0.717, 1.165) is 57.8 Å². The molecule has 0 saturated heterocycles. The van der Waals surface area contributed by atoms with E-state index in [0.29, 0.717) is 19.4 Å². The van der Waals surface area contributed by atoms with Crippen molar-refractivity contribution in [3.05, 3.63) is 36.5 Å². The van der Waals surface area contributed by atoms with Crippen molar-refractivity contribution in [1.29, 1.82) is 0 Å². The Morgan fingerprint density at radius 1 is 0.324 bits per heavy atom. The molecular formula is C63H118O5. The minimum Gasteiger partial charge on any atom is -0.462 e. The van der Waals surface area contributed by atoms with E-state index in [-0.39, 0.29) is 25.2 Å². The first-order chi connectivity index (χ1) is 33.6. The number of unbranched alkanes of at least 4 members (excludes halogenated alkanes) is 40. The normalized spacial score (nSPS) is 12.3. The Morgan fingerprint density at radius 3 is 1.01 bits per heavy atom. The van der Waals surface area contributed by atoms with Gasteiger partial charge in [0.1, 0.15) is 6.61 Å². The SMILES string of the molecule is CCCCC/C=C\C/C=C\CCCCCCCC(=O)OC(COCCCCCCCCCCCC/C=C\CCCCCCCC)COC(=O)CCCCCCCCCCCCCCCCCCC. The lowest BCUT2D eigenvalue weighted by atomic mass is 10.0. The molecule has 0 aromatic heterocycles. The fourth-order valence-electron chi connectivity index (χ4n) is 9.07. The van der Waals surface area contributed by atoms with Crippen LogP contribution in [0.15, 0.2) is 36.5 Å². The molecule has 0 heterocycles. The van der Waals surface area contributed by atoms with Crippen molar-refractivity contribution in [1.82, 2.24) is 0 Å². The molecule has 0 aliphatic heterocycles. The third kappa shape index (κ3) is 56.7. The molecule has 0 spiro atoms. The van der Waals surface area contributed by atoms with Gasteiger partial charge in [0, 0.05) is 19.4 Å². The molecule has 0 rings (SSSR count). The van der Waals surface area contributed by atoms with Gasteiger partial charge in [-0.05, 0) is 77.0 Å². The summed E-state index contributed by atoms with van der Waals surface area (Å²) in [6, 6.07) is 0. The predicted octanol–water partition coefficient (Wildman–Crippen LogP) is 20.9. The van der Waals surface area contributed by atoms with Crippen LogP contribution in [0.4, 0.5) is 0 Å². The summed E-state index contributed by atoms with van der Waals surface area (Å²) in [7, 11) is 0. The lowest BCUT2D eigenvalue weighted by Crippen LogP contribution is -2.30. The highest BCUT2D eigenvalue weighted by Crippen LogP contribution is 2.17. The molecule has 0 aromatic carbocycles. The van der Waals surface area contributed by atoms with Crippen molar-refractivity contribution in [2.45, 2.75) is 335 Å². The molecule has 0 aliphatic rings. The lowest BCUT2D eigenvalue weighted by Gasteiger charge is -2.18. The fraction of sp³-hybridized carbons (Fsp3) is 0.873. The summed E-state index contributed by atoms with van der Waals surface area (Å²) in [4.78, 5) is 25.5. The van der Waals surface area contributed by atoms with Gasteiger partial charge < -0.3 is 14.2 Å². The smallest absolute Gasteiger partial charge is 0.306 e. The van der Waals surface area contributed by atoms with E-state index in [9.17, 15) is 9.59 Å². The Morgan fingerprint density at radius 2 is 0.618 bits per heavy atom. The number of ether oxygens (including phenoxy) is 3. The highest BCUT2D eigenvalue weighted by atomic mass is 16.6. The van der Waals surface area contributed by atoms with E-state index < -0.39 is 6.10 Å². The Balaban J connectivity index is 4.23. The average molecular weight is 956 g/mol. The van der Waals surface area contributed by atoms with E-state index in [1.807, 2.05) is 0 Å². The van der Waals surface area contributed by atoms with Crippen LogP contribution in [-0.2, 0) is 23.8 Å². The zero-order valence-corrected chi connectivity index (χ0v) is 46.1. The molecule has 0 N–H and O–H groups in total. The number of allylic oxidation sites excluding steroid dienone is 6. The van der Waals surface area contributed by atoms with Crippen LogP contribution in [0.1, 0.15) is 329 Å². The van der Waals surface area contributed by atoms with Crippen LogP contribution in [0.5, 0.6) is 0 Å². The maximum atomic E-state index is 12.9. The van der Waals surface area contributed by atoms with E-state index >= 15 is 0 Å². The van der Waals surface area contributed by atoms with E-state index in [1.54, 1.807) is 0 Å². The summed E-state index contributed by atoms with van der Waals surface area (Å²) in [5.41, 5.74) is 0. The van der Waals surface area contributed by atoms with Gasteiger partial charge in [-0.2, -0.15) is 0 Å². The number of rotatable bonds is 57. The summed E-state index contributed by atoms with van der Waals surface area (Å²) in [5, 5.41) is 0. The minimum absolute atomic E-state index is 0.0850. The summed E-state index contributed by atoms with van der Waals surface area (Å²) in [5.74, 6) is -0.392. The monoisotopic (exact) mass is 955 g/mol. The van der Waals surface area contributed by atoms with Crippen LogP contribution in [-0.4, -0.2) is 37.9 Å². The standard InChI is InChI=1S/C63H118O5/c1-4-7-10-13-16-19-22-25-28-30-31-32-34-37-40-43-46-49-52-55-58-66-59-61(68-63(65)57-54-51-48-45-42-39-35-27-24-21-18-15-12-9-6-3)60-67-62(64)56-53-50-47-44-41-38-36-33-29-26-23-20-17-14-11-8-5-2/h18,21,25,27-28,35,61H,4-17,19-20,22-24,26,29-34,36-60H2,1-3H3/b21-18-,28-25-,35-27-. The second kappa shape index (κ2) is 59.4. The van der Waals surface area contributed by atoms with Gasteiger partial charge in [-0.15, -0.1) is 0 Å². The molecule has 1 unspecified atom stereocenters. The second-order valence-corrected chi connectivity index (χ2v) is 20.6. The quantitative estimate of drug-likeness (QED) is 0.0345. The topological polar surface area (TPSA) is 61.8 Å². The molecule has 0 aromatic rings. The van der Waals surface area contributed by atoms with Crippen molar-refractivity contribution in [2.75, 3.05) is 19.8 Å². The molecule has 0 radical (unpaired) electrons. The van der Waals surface area contributed by atoms with Crippen LogP contribution < -0.4 is 0 Å². The van der Waals surface area contributed by atoms with Crippen molar-refractivity contribution < 1.29 is 23.8 Å². The first-order valence-electron chi connectivity index (χ1n) is 30.5. The molecule has 5 nitrogen and oxygen atoms in total. The maximum Gasteiger partial charge on any atom is 0.306 e. The highest BCUT2D eigenvalue weighted by molar-refractivity contribution is 5.70. The van der Waals surface area contributed by atoms with Crippen LogP contribution in [0.25, 0.3) is 0 Å². The lowest BCUT2D eigenvalue weighted by molar-refractivity contribution is -0.163. The highest BCUT2D eigenvalue weighted by Gasteiger charge is 2.17. The summed E-state index contributed by atoms with van der Waals surface area (Å²) in [6.45, 7) is 7.85. The van der Waals surface area contributed by atoms with Crippen LogP contribution in [0.3, 0.4) is 0 Å². The Hall–Kier alpha value is -1.88. The average Bonchev–Trinajstić information content (AvgIpc) is 3.34. The summed E-state index contributed by atoms with van der Waals surface area (Å²) >= 11 is 0. The Bertz CT molecular complexity index is 1080. The zero-order valence-electron chi connectivity index (χ0n) is 46.1. The van der Waals surface area contributed by atoms with Gasteiger partial charge in [-0.25, -0.2) is 0 Å². The molecule has 0 saturated carbocycles. The van der Waals surface area contributed by atoms with Gasteiger partial charge in [0.05, 0.1) is 6.61 Å². The van der Waals surface area contributed by atoms with Gasteiger partial charge >= 0.3 is 11.9 Å². The second-order valence-electron chi connectivity index (χ2n) is 20.6. The van der Waals surface area contributed by atoms with E-state index in [4.69, 9.17) is 14.2 Å². The third-order valence-electron chi connectivity index (χ3n) is 13.6. The summed E-state index contributed by atoms with van der Waals surface area (Å²) < 4.78 is 17.5. The number of hydrogen-bond acceptors (Lipinski definition) is 5. The largest absolute Gasteiger partial charge is 0.462 e. The molecule has 5 heteroatoms. The van der Waals surface area contributed by atoms with Crippen molar-refractivity contribution >= 4 is 11.9 Å². The molecule has 1 atom stereocenters. The molecule has 400 valence electrons. The van der Waals surface area contributed by atoms with Crippen molar-refractivity contribution in [2.24, 2.45) is 0 Å². The van der Waals surface area contributed by atoms with Gasteiger partial charge in [0.15, 0.2) is 6.10 Å². The van der Waals surface area contributed by atoms with Crippen molar-refractivity contribution in [3.63, 3.8) is 0 Å². The van der Waals surface area contributed by atoms with Crippen LogP contribution in [0.2, 0.25) is 0 Å². The van der Waals surface area contributed by atoms with Gasteiger partial charge in [-0.1, -0.05) is 276 Å². The molecule has 0 bridgehead atoms. The summed E-state index contributed by atoms with van der Waals surface area (Å²) in [6.07, 6.45) is 73.1. The number of hydrogen-bond donors (Lipinski definition) is 0. The fourth-order valence-corrected chi connectivity index (χ4v) is 9.07. The minimum atomic E-state index is -0.541. The van der Waals surface area contributed by atoms with Crippen LogP contribution >= 0.6 is 0 Å². The van der Waals surface area contributed by atoms with E-state index in [1.165, 1.54) is 238 Å². The molecule has 0 fully saturated rings. The number of esters is 2. The first kappa shape index (κ1) is 66.1. The van der Waals surface area contributed by atoms with Crippen LogP contribution in [0, 0.1) is 0 Å². The molecular weight excluding hydrogens is 837 g/mol. The van der Waals surface area contributed by atoms with Crippen molar-refractivity contribution in [3.8, 4) is 0 Å². The molecule has 0 aliphatic carbocycles. The van der Waals surface area contributed by atoms with Gasteiger partial charge in [0.2, 0.25) is 0 Å². The Kier molecular flexibility index (Phi) is 57.8. The Labute approximate surface area is 425 Å². The van der Waals surface area contributed by atoms with Gasteiger partial charge in [-0.3, -0.25) is 9.59 Å². The predicted molar refractivity (Wildman–Crippen MR) is 298 cm³/mol. The number of carbonyl (C=O) groups is 2. The molecule has 68 heavy (non-hydrogen) atoms. The van der Waals surface area contributed by atoms with Gasteiger partial charge in [0.25, 0.3) is 0 Å². The maximum absolute atomic E-state index is 12.9. The molecule has 0 amide bonds. The zero-order chi connectivity index (χ0) is 49.2. The third-order valence-corrected chi connectivity index (χ3v) is 13.6. The first-order valence-corrected chi connectivity index (χ1v) is 30.5.